The lowest BCUT2D eigenvalue weighted by Gasteiger charge is -2.12. The summed E-state index contributed by atoms with van der Waals surface area (Å²) in [5.41, 5.74) is 1.30. The summed E-state index contributed by atoms with van der Waals surface area (Å²) in [5.74, 6) is 0.533. The van der Waals surface area contributed by atoms with E-state index in [0.717, 1.165) is 10.9 Å². The largest absolute Gasteiger partial charge is 0.122 e. The van der Waals surface area contributed by atoms with Gasteiger partial charge in [-0.1, -0.05) is 41.9 Å². The van der Waals surface area contributed by atoms with Gasteiger partial charge in [0.1, 0.15) is 0 Å². The van der Waals surface area contributed by atoms with Crippen LogP contribution in [0.1, 0.15) is 19.4 Å². The zero-order valence-corrected chi connectivity index (χ0v) is 10.3. The minimum atomic E-state index is 0.237. The normalized spacial score (nSPS) is 13.3. The van der Waals surface area contributed by atoms with Gasteiger partial charge in [-0.25, -0.2) is 0 Å². The quantitative estimate of drug-likeness (QED) is 0.714. The third kappa shape index (κ3) is 3.70. The number of alkyl halides is 1. The predicted octanol–water partition coefficient (Wildman–Crippen LogP) is 4.26. The van der Waals surface area contributed by atoms with Crippen LogP contribution < -0.4 is 0 Å². The molecule has 72 valence electrons. The Hall–Kier alpha value is -0.0100. The molecule has 13 heavy (non-hydrogen) atoms. The van der Waals surface area contributed by atoms with Gasteiger partial charge in [0.15, 0.2) is 0 Å². The van der Waals surface area contributed by atoms with Crippen molar-refractivity contribution in [1.29, 1.82) is 0 Å². The number of hydrogen-bond donors (Lipinski definition) is 0. The Balaban J connectivity index is 2.59. The van der Waals surface area contributed by atoms with Gasteiger partial charge in [0.2, 0.25) is 0 Å². The van der Waals surface area contributed by atoms with Crippen molar-refractivity contribution in [2.24, 2.45) is 5.92 Å². The molecule has 1 rings (SSSR count). The highest BCUT2D eigenvalue weighted by molar-refractivity contribution is 9.10. The number of halogens is 2. The van der Waals surface area contributed by atoms with E-state index in [1.54, 1.807) is 0 Å². The summed E-state index contributed by atoms with van der Waals surface area (Å²) in [6, 6.07) is 8.34. The average molecular weight is 262 g/mol. The SMILES string of the molecule is CC(C)C(Cl)Cc1ccc(Br)cc1. The lowest BCUT2D eigenvalue weighted by Crippen LogP contribution is -2.10. The van der Waals surface area contributed by atoms with Crippen LogP contribution in [-0.4, -0.2) is 5.38 Å². The fourth-order valence-corrected chi connectivity index (χ4v) is 1.52. The molecule has 0 aliphatic carbocycles. The minimum Gasteiger partial charge on any atom is -0.122 e. The highest BCUT2D eigenvalue weighted by Crippen LogP contribution is 2.17. The van der Waals surface area contributed by atoms with E-state index in [4.69, 9.17) is 11.6 Å². The molecule has 0 saturated carbocycles. The number of benzene rings is 1. The summed E-state index contributed by atoms with van der Waals surface area (Å²) >= 11 is 9.59. The molecule has 2 heteroatoms. The summed E-state index contributed by atoms with van der Waals surface area (Å²) < 4.78 is 1.12. The summed E-state index contributed by atoms with van der Waals surface area (Å²) in [4.78, 5) is 0. The van der Waals surface area contributed by atoms with Crippen molar-refractivity contribution in [3.8, 4) is 0 Å². The first-order valence-electron chi connectivity index (χ1n) is 4.48. The van der Waals surface area contributed by atoms with Crippen molar-refractivity contribution in [2.45, 2.75) is 25.6 Å². The van der Waals surface area contributed by atoms with Gasteiger partial charge in [-0.2, -0.15) is 0 Å². The molecule has 0 fully saturated rings. The molecule has 0 aliphatic rings. The van der Waals surface area contributed by atoms with Gasteiger partial charge in [0.05, 0.1) is 0 Å². The average Bonchev–Trinajstić information content (AvgIpc) is 2.08. The maximum Gasteiger partial charge on any atom is 0.0399 e. The van der Waals surface area contributed by atoms with E-state index in [1.807, 2.05) is 0 Å². The Morgan fingerprint density at radius 1 is 1.23 bits per heavy atom. The molecule has 0 aromatic heterocycles. The maximum atomic E-state index is 6.18. The Labute approximate surface area is 93.4 Å². The number of hydrogen-bond acceptors (Lipinski definition) is 0. The van der Waals surface area contributed by atoms with E-state index in [2.05, 4.69) is 54.0 Å². The van der Waals surface area contributed by atoms with E-state index in [1.165, 1.54) is 5.56 Å². The first-order chi connectivity index (χ1) is 6.09. The standard InChI is InChI=1S/C11H14BrCl/c1-8(2)11(13)7-9-3-5-10(12)6-4-9/h3-6,8,11H,7H2,1-2H3. The van der Waals surface area contributed by atoms with Crippen molar-refractivity contribution in [3.05, 3.63) is 34.3 Å². The summed E-state index contributed by atoms with van der Waals surface area (Å²) in [7, 11) is 0. The molecular formula is C11H14BrCl. The molecule has 1 unspecified atom stereocenters. The maximum absolute atomic E-state index is 6.18. The van der Waals surface area contributed by atoms with Crippen molar-refractivity contribution < 1.29 is 0 Å². The second-order valence-electron chi connectivity index (χ2n) is 3.59. The molecule has 0 amide bonds. The van der Waals surface area contributed by atoms with Crippen LogP contribution in [0.3, 0.4) is 0 Å². The van der Waals surface area contributed by atoms with E-state index in [9.17, 15) is 0 Å². The van der Waals surface area contributed by atoms with Gasteiger partial charge in [-0.15, -0.1) is 11.6 Å². The Morgan fingerprint density at radius 3 is 2.23 bits per heavy atom. The second-order valence-corrected chi connectivity index (χ2v) is 5.07. The van der Waals surface area contributed by atoms with Crippen molar-refractivity contribution in [2.75, 3.05) is 0 Å². The molecule has 0 bridgehead atoms. The van der Waals surface area contributed by atoms with E-state index in [-0.39, 0.29) is 5.38 Å². The Bertz CT molecular complexity index is 253. The first-order valence-corrected chi connectivity index (χ1v) is 5.71. The zero-order chi connectivity index (χ0) is 9.84. The molecule has 0 spiro atoms. The molecule has 0 nitrogen and oxygen atoms in total. The van der Waals surface area contributed by atoms with Crippen LogP contribution in [0, 0.1) is 5.92 Å². The van der Waals surface area contributed by atoms with Gasteiger partial charge in [0.25, 0.3) is 0 Å². The van der Waals surface area contributed by atoms with E-state index < -0.39 is 0 Å². The van der Waals surface area contributed by atoms with Crippen LogP contribution in [0.5, 0.6) is 0 Å². The predicted molar refractivity (Wildman–Crippen MR) is 62.3 cm³/mol. The fraction of sp³-hybridized carbons (Fsp3) is 0.455. The lowest BCUT2D eigenvalue weighted by molar-refractivity contribution is 0.596. The van der Waals surface area contributed by atoms with Crippen LogP contribution in [0.2, 0.25) is 0 Å². The van der Waals surface area contributed by atoms with E-state index in [0.29, 0.717) is 5.92 Å². The fourth-order valence-electron chi connectivity index (χ4n) is 1.08. The van der Waals surface area contributed by atoms with E-state index >= 15 is 0 Å². The summed E-state index contributed by atoms with van der Waals surface area (Å²) in [5, 5.41) is 0.237. The minimum absolute atomic E-state index is 0.237. The van der Waals surface area contributed by atoms with Gasteiger partial charge in [-0.05, 0) is 30.0 Å². The van der Waals surface area contributed by atoms with Crippen molar-refractivity contribution in [1.82, 2.24) is 0 Å². The third-order valence-corrected chi connectivity index (χ3v) is 3.25. The molecule has 0 saturated heterocycles. The molecule has 0 heterocycles. The van der Waals surface area contributed by atoms with Crippen molar-refractivity contribution in [3.63, 3.8) is 0 Å². The second kappa shape index (κ2) is 5.02. The zero-order valence-electron chi connectivity index (χ0n) is 7.93. The smallest absolute Gasteiger partial charge is 0.0399 e. The molecule has 0 radical (unpaired) electrons. The Kier molecular flexibility index (Phi) is 4.27. The van der Waals surface area contributed by atoms with Gasteiger partial charge in [-0.3, -0.25) is 0 Å². The van der Waals surface area contributed by atoms with Gasteiger partial charge < -0.3 is 0 Å². The highest BCUT2D eigenvalue weighted by atomic mass is 79.9. The van der Waals surface area contributed by atoms with Crippen molar-refractivity contribution >= 4 is 27.5 Å². The van der Waals surface area contributed by atoms with Gasteiger partial charge in [0, 0.05) is 9.85 Å². The topological polar surface area (TPSA) is 0 Å². The lowest BCUT2D eigenvalue weighted by atomic mass is 10.0. The molecule has 1 aromatic rings. The van der Waals surface area contributed by atoms with Crippen LogP contribution in [0.15, 0.2) is 28.7 Å². The molecular weight excluding hydrogens is 247 g/mol. The first kappa shape index (κ1) is 11.1. The van der Waals surface area contributed by atoms with Crippen LogP contribution in [0.4, 0.5) is 0 Å². The molecule has 1 aromatic carbocycles. The summed E-state index contributed by atoms with van der Waals surface area (Å²) in [6.45, 7) is 4.30. The molecule has 0 aliphatic heterocycles. The highest BCUT2D eigenvalue weighted by Gasteiger charge is 2.09. The number of rotatable bonds is 3. The summed E-state index contributed by atoms with van der Waals surface area (Å²) in [6.07, 6.45) is 0.951. The monoisotopic (exact) mass is 260 g/mol. The van der Waals surface area contributed by atoms with Crippen LogP contribution >= 0.6 is 27.5 Å². The third-order valence-electron chi connectivity index (χ3n) is 2.07. The molecule has 1 atom stereocenters. The van der Waals surface area contributed by atoms with Crippen LogP contribution in [0.25, 0.3) is 0 Å². The van der Waals surface area contributed by atoms with Gasteiger partial charge >= 0.3 is 0 Å². The molecule has 0 N–H and O–H groups in total. The van der Waals surface area contributed by atoms with Crippen LogP contribution in [-0.2, 0) is 6.42 Å². The Morgan fingerprint density at radius 2 is 1.77 bits per heavy atom.